The minimum atomic E-state index is -3.55. The van der Waals surface area contributed by atoms with Crippen LogP contribution in [0.25, 0.3) is 11.0 Å². The van der Waals surface area contributed by atoms with E-state index in [9.17, 15) is 34.0 Å². The molecule has 19 heteroatoms. The number of amidine groups is 1. The number of nitrogen functional groups attached to an aromatic ring is 1. The van der Waals surface area contributed by atoms with Crippen molar-refractivity contribution in [1.29, 1.82) is 10.5 Å². The minimum Gasteiger partial charge on any atom is -0.384 e. The fourth-order valence-corrected chi connectivity index (χ4v) is 9.81. The molecule has 0 radical (unpaired) electrons. The first-order valence-electron chi connectivity index (χ1n) is 27.7. The number of anilines is 2. The molecule has 14 nitrogen and oxygen atoms in total. The molecule has 3 atom stereocenters. The summed E-state index contributed by atoms with van der Waals surface area (Å²) in [5, 5.41) is 34.2. The average Bonchev–Trinajstić information content (AvgIpc) is 4.56. The van der Waals surface area contributed by atoms with Crippen LogP contribution in [0.5, 0.6) is 0 Å². The van der Waals surface area contributed by atoms with Gasteiger partial charge < -0.3 is 26.6 Å². The van der Waals surface area contributed by atoms with Gasteiger partial charge in [-0.25, -0.2) is 14.4 Å². The largest absolute Gasteiger partial charge is 0.384 e. The standard InChI is InChI=1S/C30H33F2N5O2.C27H30F3N5O2.2C2H6/c1-20-35-25-23-17-24(29(19-33)13-14-29)27(38)37(26(23)36-20)15-8-6-4-3-5-7-12-28(2,39)30(31,32)22-11-9-10-21(16-22)18-34-25;1-16-5-4-12-37-15-27(29,30)20-7-3-6-18(22(20)28)17(2)34-23(32)19-13-21(26(14-31)9-10-26)25(36)35(11-8-16)24(19)33;2*1-2/h5,7,9-11,16-17,39H,3-4,6,8,12-15,18H2,1-2H3,(H,34,35,36);3-7,13,16-17H,8-12,15,33H2,1-2H3,(H2,32,34);2*1-2H3/b7-5-;5-4-;;/t;16?,17-;;/m.1../s1. The van der Waals surface area contributed by atoms with E-state index in [0.29, 0.717) is 84.4 Å². The summed E-state index contributed by atoms with van der Waals surface area (Å²) in [5.74, 6) is -7.19. The molecular weight excluding hydrogens is 1030 g/mol. The second-order valence-corrected chi connectivity index (χ2v) is 20.8. The van der Waals surface area contributed by atoms with E-state index in [4.69, 9.17) is 16.2 Å². The molecule has 2 aliphatic heterocycles. The van der Waals surface area contributed by atoms with Gasteiger partial charge in [-0.15, -0.1) is 0 Å². The number of ether oxygens (including phenoxy) is 1. The zero-order chi connectivity index (χ0) is 58.8. The highest BCUT2D eigenvalue weighted by atomic mass is 19.3. The molecule has 3 aromatic heterocycles. The lowest BCUT2D eigenvalue weighted by Crippen LogP contribution is -2.42. The molecular formula is C61H75F5N10O4. The van der Waals surface area contributed by atoms with Crippen molar-refractivity contribution in [2.24, 2.45) is 16.6 Å². The van der Waals surface area contributed by atoms with E-state index >= 15 is 13.2 Å². The number of allylic oxidation sites excluding steroid dienone is 2. The number of alkyl halides is 4. The van der Waals surface area contributed by atoms with Gasteiger partial charge in [-0.1, -0.05) is 95.7 Å². The molecule has 2 unspecified atom stereocenters. The number of pyridine rings is 2. The number of nitrogens with zero attached hydrogens (tertiary/aromatic N) is 7. The summed E-state index contributed by atoms with van der Waals surface area (Å²) in [6.45, 7) is 14.2. The summed E-state index contributed by atoms with van der Waals surface area (Å²) >= 11 is 0. The number of aryl methyl sites for hydroxylation is 2. The number of benzene rings is 2. The molecule has 2 saturated carbocycles. The van der Waals surface area contributed by atoms with Crippen molar-refractivity contribution in [3.8, 4) is 12.1 Å². The van der Waals surface area contributed by atoms with Crippen LogP contribution in [0.2, 0.25) is 0 Å². The molecule has 80 heavy (non-hydrogen) atoms. The van der Waals surface area contributed by atoms with Crippen molar-refractivity contribution in [2.75, 3.05) is 24.3 Å². The Hall–Kier alpha value is -7.22. The van der Waals surface area contributed by atoms with Crippen molar-refractivity contribution in [3.05, 3.63) is 150 Å². The first-order valence-corrected chi connectivity index (χ1v) is 27.7. The first kappa shape index (κ1) is 62.0. The van der Waals surface area contributed by atoms with Crippen molar-refractivity contribution < 1.29 is 31.8 Å². The average molecular weight is 1110 g/mol. The van der Waals surface area contributed by atoms with Gasteiger partial charge in [0.05, 0.1) is 52.1 Å². The number of nitrogens with two attached hydrogens (primary N) is 2. The van der Waals surface area contributed by atoms with Gasteiger partial charge in [0.25, 0.3) is 17.0 Å². The van der Waals surface area contributed by atoms with Crippen molar-refractivity contribution in [1.82, 2.24) is 19.1 Å². The van der Waals surface area contributed by atoms with Crippen LogP contribution in [-0.4, -0.2) is 48.9 Å². The third kappa shape index (κ3) is 13.3. The van der Waals surface area contributed by atoms with Crippen molar-refractivity contribution in [2.45, 2.75) is 174 Å². The lowest BCUT2D eigenvalue weighted by Gasteiger charge is -2.32. The highest BCUT2D eigenvalue weighted by Gasteiger charge is 2.50. The van der Waals surface area contributed by atoms with E-state index < -0.39 is 52.3 Å². The van der Waals surface area contributed by atoms with Crippen LogP contribution in [0.15, 0.2) is 93.5 Å². The number of hydrogen-bond acceptors (Lipinski definition) is 12. The highest BCUT2D eigenvalue weighted by Crippen LogP contribution is 2.48. The number of fused-ring (bicyclic) bond motifs is 6. The van der Waals surface area contributed by atoms with Crippen LogP contribution in [-0.2, 0) is 47.0 Å². The fraction of sp³-hybridized carbons (Fsp3) is 0.492. The Labute approximate surface area is 465 Å². The van der Waals surface area contributed by atoms with Crippen LogP contribution in [0, 0.1) is 41.3 Å². The summed E-state index contributed by atoms with van der Waals surface area (Å²) in [4.78, 5) is 40.5. The summed E-state index contributed by atoms with van der Waals surface area (Å²) in [5.41, 5.74) is 9.21. The molecule has 0 spiro atoms. The maximum Gasteiger partial charge on any atom is 0.301 e. The monoisotopic (exact) mass is 1110 g/mol. The van der Waals surface area contributed by atoms with E-state index in [1.54, 1.807) is 47.9 Å². The lowest BCUT2D eigenvalue weighted by atomic mass is 9.87. The molecule has 5 heterocycles. The molecule has 0 saturated heterocycles. The van der Waals surface area contributed by atoms with E-state index in [2.05, 4.69) is 32.4 Å². The second-order valence-electron chi connectivity index (χ2n) is 20.8. The van der Waals surface area contributed by atoms with E-state index in [1.165, 1.54) is 48.7 Å². The predicted molar refractivity (Wildman–Crippen MR) is 303 cm³/mol. The number of nitrogens with one attached hydrogen (secondary N) is 1. The van der Waals surface area contributed by atoms with Gasteiger partial charge in [-0.05, 0) is 108 Å². The Morgan fingerprint density at radius 1 is 0.812 bits per heavy atom. The third-order valence-corrected chi connectivity index (χ3v) is 15.0. The van der Waals surface area contributed by atoms with E-state index in [0.717, 1.165) is 25.3 Å². The van der Waals surface area contributed by atoms with Crippen LogP contribution in [0.4, 0.5) is 33.6 Å². The molecule has 428 valence electrons. The Bertz CT molecular complexity index is 3330. The van der Waals surface area contributed by atoms with Gasteiger partial charge >= 0.3 is 5.92 Å². The fourth-order valence-electron chi connectivity index (χ4n) is 9.81. The van der Waals surface area contributed by atoms with E-state index in [-0.39, 0.29) is 71.5 Å². The van der Waals surface area contributed by atoms with Gasteiger partial charge in [0, 0.05) is 48.3 Å². The van der Waals surface area contributed by atoms with Gasteiger partial charge in [0.1, 0.15) is 47.0 Å². The number of aliphatic hydroxyl groups is 1. The Morgan fingerprint density at radius 2 is 1.46 bits per heavy atom. The Morgan fingerprint density at radius 3 is 2.12 bits per heavy atom. The van der Waals surface area contributed by atoms with Crippen LogP contribution in [0.1, 0.15) is 163 Å². The van der Waals surface area contributed by atoms with E-state index in [1.807, 2.05) is 40.7 Å². The number of nitriles is 2. The van der Waals surface area contributed by atoms with Crippen molar-refractivity contribution >= 4 is 28.5 Å². The lowest BCUT2D eigenvalue weighted by molar-refractivity contribution is -0.176. The Balaban J connectivity index is 0.000000243. The molecule has 2 aliphatic carbocycles. The summed E-state index contributed by atoms with van der Waals surface area (Å²) in [6, 6.07) is 16.6. The molecule has 10 bridgehead atoms. The quantitative estimate of drug-likeness (QED) is 0.0961. The zero-order valence-corrected chi connectivity index (χ0v) is 47.1. The molecule has 6 N–H and O–H groups in total. The topological polar surface area (TPSA) is 223 Å². The Kier molecular flexibility index (Phi) is 20.1. The number of hydrogen-bond donors (Lipinski definition) is 4. The maximum absolute atomic E-state index is 15.4. The molecule has 9 rings (SSSR count). The SMILES string of the molecule is CC.CC.CC1/C=C\COCC(F)(F)c2cccc(c2F)[C@@H](C)N=C(N)c2cc(C3(C#N)CC3)c(=O)n(c2N)CC1.Cc1nc2c3cc(C4(C#N)CC4)c(=O)n(c3n1)CCCCC/C=C\CC(C)(O)C(F)(F)c1cccc(c1)CN2. The van der Waals surface area contributed by atoms with Crippen LogP contribution < -0.4 is 27.9 Å². The summed E-state index contributed by atoms with van der Waals surface area (Å²) in [6.07, 6.45) is 12.6. The van der Waals surface area contributed by atoms with Crippen LogP contribution >= 0.6 is 0 Å². The van der Waals surface area contributed by atoms with Gasteiger partial charge in [0.15, 0.2) is 0 Å². The summed E-state index contributed by atoms with van der Waals surface area (Å²) < 4.78 is 83.9. The number of aliphatic imine (C=N–C) groups is 1. The van der Waals surface area contributed by atoms with Crippen molar-refractivity contribution in [3.63, 3.8) is 0 Å². The van der Waals surface area contributed by atoms with Crippen LogP contribution in [0.3, 0.4) is 0 Å². The van der Waals surface area contributed by atoms with Gasteiger partial charge in [-0.3, -0.25) is 23.7 Å². The molecule has 2 fully saturated rings. The molecule has 0 amide bonds. The van der Waals surface area contributed by atoms with Gasteiger partial charge in [0.2, 0.25) is 0 Å². The number of halogens is 5. The normalized spacial score (nSPS) is 22.8. The number of rotatable bonds is 2. The molecule has 4 aliphatic rings. The van der Waals surface area contributed by atoms with Gasteiger partial charge in [-0.2, -0.15) is 28.1 Å². The number of aromatic nitrogens is 4. The maximum atomic E-state index is 15.4. The molecule has 5 aromatic rings. The predicted octanol–water partition coefficient (Wildman–Crippen LogP) is 12.0. The third-order valence-electron chi connectivity index (χ3n) is 15.0. The minimum absolute atomic E-state index is 0.0348. The smallest absolute Gasteiger partial charge is 0.301 e. The molecule has 2 aromatic carbocycles. The highest BCUT2D eigenvalue weighted by molar-refractivity contribution is 6.01. The first-order chi connectivity index (χ1) is 38.1. The zero-order valence-electron chi connectivity index (χ0n) is 47.1. The summed E-state index contributed by atoms with van der Waals surface area (Å²) in [7, 11) is 0. The second kappa shape index (κ2) is 25.9.